The second-order valence-electron chi connectivity index (χ2n) is 4.05. The Labute approximate surface area is 111 Å². The van der Waals surface area contributed by atoms with Crippen LogP contribution in [0.25, 0.3) is 0 Å². The van der Waals surface area contributed by atoms with Gasteiger partial charge in [0.1, 0.15) is 0 Å². The number of nitro groups is 1. The Kier molecular flexibility index (Phi) is 3.65. The van der Waals surface area contributed by atoms with Crippen LogP contribution in [0.4, 0.5) is 11.4 Å². The van der Waals surface area contributed by atoms with E-state index in [1.165, 1.54) is 28.6 Å². The zero-order chi connectivity index (χ0) is 14.2. The molecule has 2 atom stereocenters. The Morgan fingerprint density at radius 2 is 1.95 bits per heavy atom. The van der Waals surface area contributed by atoms with Crippen molar-refractivity contribution in [3.63, 3.8) is 0 Å². The summed E-state index contributed by atoms with van der Waals surface area (Å²) in [5, 5.41) is 19.5. The Balaban J connectivity index is 2.37. The minimum absolute atomic E-state index is 0.0587. The van der Waals surface area contributed by atoms with Crippen molar-refractivity contribution in [1.82, 2.24) is 0 Å². The van der Waals surface area contributed by atoms with E-state index in [9.17, 15) is 14.3 Å². The first-order valence-corrected chi connectivity index (χ1v) is 6.51. The monoisotopic (exact) mass is 284 g/mol. The highest BCUT2D eigenvalue weighted by molar-refractivity contribution is 7.90. The zero-order valence-electron chi connectivity index (χ0n) is 10.3. The quantitative estimate of drug-likeness (QED) is 0.521. The number of anilines is 1. The maximum atomic E-state index is 12.2. The number of hydrogen-bond acceptors (Lipinski definition) is 5. The molecule has 1 aliphatic rings. The highest BCUT2D eigenvalue weighted by Crippen LogP contribution is 2.34. The van der Waals surface area contributed by atoms with E-state index in [-0.39, 0.29) is 5.69 Å². The Bertz CT molecular complexity index is 569. The van der Waals surface area contributed by atoms with Crippen LogP contribution in [0.2, 0.25) is 0 Å². The molecule has 7 nitrogen and oxygen atoms in total. The summed E-state index contributed by atoms with van der Waals surface area (Å²) in [5.41, 5.74) is 1.06. The van der Waals surface area contributed by atoms with Gasteiger partial charge in [0.15, 0.2) is 17.2 Å². The predicted octanol–water partition coefficient (Wildman–Crippen LogP) is 2.19. The molecule has 0 saturated carbocycles. The van der Waals surface area contributed by atoms with Gasteiger partial charge in [-0.15, -0.1) is 0 Å². The molecule has 1 heterocycles. The number of benzene rings is 1. The molecule has 0 bridgehead atoms. The number of rotatable bonds is 3. The molecule has 1 aromatic carbocycles. The van der Waals surface area contributed by atoms with Crippen LogP contribution in [0.15, 0.2) is 34.7 Å². The molecular formula is C11H12N2O5S. The third kappa shape index (κ3) is 2.25. The minimum Gasteiger partial charge on any atom is -0.258 e. The number of allylic oxidation sites excluding steroid dienone is 1. The summed E-state index contributed by atoms with van der Waals surface area (Å²) in [6.45, 7) is 3.39. The van der Waals surface area contributed by atoms with E-state index in [1.807, 2.05) is 0 Å². The van der Waals surface area contributed by atoms with Crippen LogP contribution >= 0.6 is 0 Å². The molecule has 1 aliphatic heterocycles. The Morgan fingerprint density at radius 1 is 1.37 bits per heavy atom. The third-order valence-electron chi connectivity index (χ3n) is 2.99. The number of non-ortho nitro benzene ring substituents is 1. The summed E-state index contributed by atoms with van der Waals surface area (Å²) in [7, 11) is -1.48. The summed E-state index contributed by atoms with van der Waals surface area (Å²) >= 11 is 0. The third-order valence-corrected chi connectivity index (χ3v) is 4.60. The maximum absolute atomic E-state index is 12.2. The fraction of sp³-hybridized carbons (Fsp3) is 0.273. The summed E-state index contributed by atoms with van der Waals surface area (Å²) in [4.78, 5) is 15.0. The van der Waals surface area contributed by atoms with Gasteiger partial charge in [-0.25, -0.2) is 14.4 Å². The van der Waals surface area contributed by atoms with E-state index in [4.69, 9.17) is 5.26 Å². The molecule has 8 heteroatoms. The molecule has 2 rings (SSSR count). The Morgan fingerprint density at radius 3 is 2.42 bits per heavy atom. The summed E-state index contributed by atoms with van der Waals surface area (Å²) in [6.07, 6.45) is -0.845. The molecule has 0 fully saturated rings. The van der Waals surface area contributed by atoms with Gasteiger partial charge in [-0.05, 0) is 31.6 Å². The second-order valence-corrected chi connectivity index (χ2v) is 5.55. The standard InChI is InChI=1S/C11H12N2O5S/c1-7-8(2)19(17)12(11(7)18-16)9-3-5-10(6-4-9)13(14)15/h3-6,11,16H,1-2H3/t11-,19?/m0/s1. The molecule has 0 aliphatic carbocycles. The molecule has 0 aromatic heterocycles. The Hall–Kier alpha value is -1.77. The highest BCUT2D eigenvalue weighted by Gasteiger charge is 2.36. The molecule has 1 aromatic rings. The molecule has 0 radical (unpaired) electrons. The van der Waals surface area contributed by atoms with Crippen molar-refractivity contribution in [2.75, 3.05) is 4.31 Å². The van der Waals surface area contributed by atoms with Crippen molar-refractivity contribution in [3.05, 3.63) is 44.9 Å². The fourth-order valence-electron chi connectivity index (χ4n) is 1.80. The van der Waals surface area contributed by atoms with E-state index in [2.05, 4.69) is 4.89 Å². The topological polar surface area (TPSA) is 92.9 Å². The first-order chi connectivity index (χ1) is 8.97. The largest absolute Gasteiger partial charge is 0.269 e. The summed E-state index contributed by atoms with van der Waals surface area (Å²) in [5.74, 6) is 0. The molecule has 19 heavy (non-hydrogen) atoms. The van der Waals surface area contributed by atoms with E-state index in [1.54, 1.807) is 13.8 Å². The smallest absolute Gasteiger partial charge is 0.258 e. The van der Waals surface area contributed by atoms with Crippen molar-refractivity contribution in [2.45, 2.75) is 20.1 Å². The summed E-state index contributed by atoms with van der Waals surface area (Å²) in [6, 6.07) is 5.55. The SMILES string of the molecule is CC1=C(C)S(=O)N(c2ccc([N+](=O)[O-])cc2)[C@H]1OO. The van der Waals surface area contributed by atoms with Crippen LogP contribution < -0.4 is 4.31 Å². The predicted molar refractivity (Wildman–Crippen MR) is 69.6 cm³/mol. The van der Waals surface area contributed by atoms with Crippen LogP contribution in [0.1, 0.15) is 13.8 Å². The lowest BCUT2D eigenvalue weighted by atomic mass is 10.2. The average Bonchev–Trinajstić information content (AvgIpc) is 2.62. The average molecular weight is 284 g/mol. The molecule has 102 valence electrons. The van der Waals surface area contributed by atoms with Crippen LogP contribution in [0.5, 0.6) is 0 Å². The summed E-state index contributed by atoms with van der Waals surface area (Å²) < 4.78 is 13.5. The first kappa shape index (κ1) is 13.7. The lowest BCUT2D eigenvalue weighted by Crippen LogP contribution is -2.33. The lowest BCUT2D eigenvalue weighted by Gasteiger charge is -2.23. The number of hydrogen-bond donors (Lipinski definition) is 1. The van der Waals surface area contributed by atoms with Gasteiger partial charge in [-0.1, -0.05) is 0 Å². The van der Waals surface area contributed by atoms with Crippen molar-refractivity contribution in [3.8, 4) is 0 Å². The molecule has 0 spiro atoms. The van der Waals surface area contributed by atoms with Gasteiger partial charge < -0.3 is 0 Å². The zero-order valence-corrected chi connectivity index (χ0v) is 11.1. The number of nitrogens with zero attached hydrogens (tertiary/aromatic N) is 2. The second kappa shape index (κ2) is 5.08. The van der Waals surface area contributed by atoms with Crippen LogP contribution in [-0.2, 0) is 15.9 Å². The van der Waals surface area contributed by atoms with Crippen LogP contribution in [-0.4, -0.2) is 20.6 Å². The van der Waals surface area contributed by atoms with Gasteiger partial charge in [-0.3, -0.25) is 14.4 Å². The van der Waals surface area contributed by atoms with Gasteiger partial charge in [0, 0.05) is 17.0 Å². The molecule has 0 saturated heterocycles. The van der Waals surface area contributed by atoms with E-state index in [0.717, 1.165) is 0 Å². The lowest BCUT2D eigenvalue weighted by molar-refractivity contribution is -0.384. The highest BCUT2D eigenvalue weighted by atomic mass is 32.2. The van der Waals surface area contributed by atoms with Gasteiger partial charge in [0.05, 0.1) is 10.6 Å². The first-order valence-electron chi connectivity index (χ1n) is 5.40. The normalized spacial score (nSPS) is 23.0. The molecule has 0 amide bonds. The van der Waals surface area contributed by atoms with Crippen molar-refractivity contribution >= 4 is 22.4 Å². The van der Waals surface area contributed by atoms with Crippen LogP contribution in [0, 0.1) is 10.1 Å². The molecule has 1 unspecified atom stereocenters. The fourth-order valence-corrected chi connectivity index (χ4v) is 3.15. The van der Waals surface area contributed by atoms with E-state index < -0.39 is 22.1 Å². The minimum atomic E-state index is -1.48. The van der Waals surface area contributed by atoms with Crippen LogP contribution in [0.3, 0.4) is 0 Å². The van der Waals surface area contributed by atoms with Gasteiger partial charge in [0.25, 0.3) is 5.69 Å². The van der Waals surface area contributed by atoms with E-state index >= 15 is 0 Å². The number of nitro benzene ring substituents is 1. The van der Waals surface area contributed by atoms with Crippen molar-refractivity contribution in [2.24, 2.45) is 0 Å². The van der Waals surface area contributed by atoms with Gasteiger partial charge in [0.2, 0.25) is 0 Å². The van der Waals surface area contributed by atoms with E-state index in [0.29, 0.717) is 16.2 Å². The van der Waals surface area contributed by atoms with Gasteiger partial charge in [-0.2, -0.15) is 0 Å². The van der Waals surface area contributed by atoms with Gasteiger partial charge >= 0.3 is 0 Å². The maximum Gasteiger partial charge on any atom is 0.269 e. The molecule has 1 N–H and O–H groups in total. The molecular weight excluding hydrogens is 272 g/mol. The van der Waals surface area contributed by atoms with Crippen molar-refractivity contribution in [1.29, 1.82) is 0 Å². The van der Waals surface area contributed by atoms with Crippen molar-refractivity contribution < 1.29 is 19.3 Å².